The Morgan fingerprint density at radius 1 is 0.946 bits per heavy atom. The molecular formula is C29H23Cl2N3O3. The van der Waals surface area contributed by atoms with Gasteiger partial charge < -0.3 is 14.4 Å². The summed E-state index contributed by atoms with van der Waals surface area (Å²) in [7, 11) is 0. The number of likely N-dealkylation sites (tertiary alicyclic amines) is 1. The molecule has 5 aromatic rings. The number of carbonyl (C=O) groups excluding carboxylic acids is 1. The molecule has 6 nitrogen and oxygen atoms in total. The number of amides is 1. The van der Waals surface area contributed by atoms with Gasteiger partial charge in [-0.15, -0.1) is 0 Å². The van der Waals surface area contributed by atoms with Gasteiger partial charge in [0.15, 0.2) is 0 Å². The monoisotopic (exact) mass is 531 g/mol. The van der Waals surface area contributed by atoms with Crippen LogP contribution in [0.4, 0.5) is 0 Å². The zero-order valence-corrected chi connectivity index (χ0v) is 21.3. The Morgan fingerprint density at radius 3 is 2.38 bits per heavy atom. The van der Waals surface area contributed by atoms with Gasteiger partial charge in [0, 0.05) is 53.8 Å². The number of piperidine rings is 1. The van der Waals surface area contributed by atoms with Crippen LogP contribution in [0.15, 0.2) is 89.5 Å². The van der Waals surface area contributed by atoms with Crippen LogP contribution in [0.1, 0.15) is 29.1 Å². The summed E-state index contributed by atoms with van der Waals surface area (Å²) < 4.78 is 7.78. The number of hydrogen-bond acceptors (Lipinski definition) is 4. The van der Waals surface area contributed by atoms with Crippen molar-refractivity contribution in [3.8, 4) is 17.1 Å². The first kappa shape index (κ1) is 23.8. The van der Waals surface area contributed by atoms with Crippen molar-refractivity contribution in [2.45, 2.75) is 18.4 Å². The fourth-order valence-electron chi connectivity index (χ4n) is 4.81. The van der Waals surface area contributed by atoms with Crippen LogP contribution < -0.4 is 0 Å². The number of nitrogens with zero attached hydrogens (tertiary/aromatic N) is 3. The lowest BCUT2D eigenvalue weighted by atomic mass is 9.88. The maximum atomic E-state index is 13.5. The van der Waals surface area contributed by atoms with E-state index in [1.54, 1.807) is 29.3 Å². The van der Waals surface area contributed by atoms with Crippen LogP contribution in [-0.4, -0.2) is 38.6 Å². The molecule has 0 radical (unpaired) electrons. The predicted molar refractivity (Wildman–Crippen MR) is 144 cm³/mol. The molecule has 186 valence electrons. The normalized spacial score (nSPS) is 15.3. The van der Waals surface area contributed by atoms with Gasteiger partial charge in [-0.25, -0.2) is 4.98 Å². The van der Waals surface area contributed by atoms with Crippen molar-refractivity contribution in [3.05, 3.63) is 107 Å². The first-order chi connectivity index (χ1) is 17.9. The smallest absolute Gasteiger partial charge is 0.274 e. The number of benzene rings is 3. The van der Waals surface area contributed by atoms with Gasteiger partial charge in [0.1, 0.15) is 28.5 Å². The summed E-state index contributed by atoms with van der Waals surface area (Å²) in [5.41, 5.74) is 1.45. The molecule has 0 bridgehead atoms. The Labute approximate surface area is 223 Å². The van der Waals surface area contributed by atoms with Crippen LogP contribution in [0, 0.1) is 0 Å². The van der Waals surface area contributed by atoms with Crippen molar-refractivity contribution in [1.82, 2.24) is 14.5 Å². The third-order valence-corrected chi connectivity index (χ3v) is 7.49. The van der Waals surface area contributed by atoms with Gasteiger partial charge in [-0.1, -0.05) is 53.5 Å². The Kier molecular flexibility index (Phi) is 6.03. The third-order valence-electron chi connectivity index (χ3n) is 6.91. The van der Waals surface area contributed by atoms with E-state index >= 15 is 0 Å². The maximum Gasteiger partial charge on any atom is 0.274 e. The van der Waals surface area contributed by atoms with Gasteiger partial charge in [0.2, 0.25) is 0 Å². The van der Waals surface area contributed by atoms with E-state index in [1.807, 2.05) is 65.2 Å². The number of furan rings is 1. The molecule has 6 rings (SSSR count). The number of halogens is 2. The lowest BCUT2D eigenvalue weighted by Gasteiger charge is -2.36. The number of hydrogen-bond donors (Lipinski definition) is 1. The molecule has 1 aliphatic heterocycles. The highest BCUT2D eigenvalue weighted by Gasteiger charge is 2.39. The molecule has 0 aliphatic carbocycles. The molecule has 1 aliphatic rings. The van der Waals surface area contributed by atoms with E-state index in [1.165, 1.54) is 0 Å². The van der Waals surface area contributed by atoms with E-state index in [4.69, 9.17) is 32.6 Å². The van der Waals surface area contributed by atoms with E-state index in [9.17, 15) is 9.90 Å². The summed E-state index contributed by atoms with van der Waals surface area (Å²) in [6.07, 6.45) is 2.46. The zero-order chi connectivity index (χ0) is 25.6. The molecule has 1 fully saturated rings. The predicted octanol–water partition coefficient (Wildman–Crippen LogP) is 6.72. The Balaban J connectivity index is 1.28. The number of carbonyl (C=O) groups is 1. The summed E-state index contributed by atoms with van der Waals surface area (Å²) >= 11 is 12.6. The summed E-state index contributed by atoms with van der Waals surface area (Å²) in [5.74, 6) is 0.897. The van der Waals surface area contributed by atoms with Crippen molar-refractivity contribution >= 4 is 40.1 Å². The van der Waals surface area contributed by atoms with Crippen molar-refractivity contribution in [1.29, 1.82) is 0 Å². The average Bonchev–Trinajstić information content (AvgIpc) is 3.55. The highest BCUT2D eigenvalue weighted by atomic mass is 35.5. The molecule has 0 spiro atoms. The second kappa shape index (κ2) is 9.38. The third kappa shape index (κ3) is 4.42. The van der Waals surface area contributed by atoms with Crippen LogP contribution in [0.25, 0.3) is 28.0 Å². The van der Waals surface area contributed by atoms with Crippen LogP contribution in [0.3, 0.4) is 0 Å². The minimum absolute atomic E-state index is 0.201. The topological polar surface area (TPSA) is 71.5 Å². The first-order valence-electron chi connectivity index (χ1n) is 12.0. The van der Waals surface area contributed by atoms with E-state index in [2.05, 4.69) is 0 Å². The summed E-state index contributed by atoms with van der Waals surface area (Å²) in [6, 6.07) is 24.3. The van der Waals surface area contributed by atoms with Gasteiger partial charge in [0.05, 0.1) is 5.02 Å². The van der Waals surface area contributed by atoms with E-state index in [0.29, 0.717) is 53.3 Å². The Hall–Kier alpha value is -3.58. The number of aliphatic hydroxyl groups is 1. The van der Waals surface area contributed by atoms with Gasteiger partial charge >= 0.3 is 0 Å². The quantitative estimate of drug-likeness (QED) is 0.279. The van der Waals surface area contributed by atoms with Crippen molar-refractivity contribution < 1.29 is 14.3 Å². The number of para-hydroxylation sites is 1. The van der Waals surface area contributed by atoms with Gasteiger partial charge in [-0.2, -0.15) is 0 Å². The summed E-state index contributed by atoms with van der Waals surface area (Å²) in [4.78, 5) is 20.0. The molecule has 1 amide bonds. The molecule has 8 heteroatoms. The largest absolute Gasteiger partial charge is 0.458 e. The number of fused-ring (bicyclic) bond motifs is 1. The number of aromatic nitrogens is 2. The number of rotatable bonds is 4. The standard InChI is InChI=1S/C29H23Cl2N3O3/c30-20-9-11-21(12-10-20)34-18-24(32-27(34)22-6-2-3-7-23(22)31)28(35)33-15-13-29(36,14-16-33)26-17-19-5-1-4-8-25(19)37-26/h1-12,17-18,36H,13-16H2. The van der Waals surface area contributed by atoms with Gasteiger partial charge in [-0.05, 0) is 48.5 Å². The fourth-order valence-corrected chi connectivity index (χ4v) is 5.16. The van der Waals surface area contributed by atoms with E-state index < -0.39 is 5.60 Å². The lowest BCUT2D eigenvalue weighted by molar-refractivity contribution is -0.0359. The summed E-state index contributed by atoms with van der Waals surface area (Å²) in [5, 5.41) is 13.4. The second-order valence-corrected chi connectivity index (χ2v) is 10.1. The molecule has 0 unspecified atom stereocenters. The van der Waals surface area contributed by atoms with Gasteiger partial charge in [-0.3, -0.25) is 9.36 Å². The highest BCUT2D eigenvalue weighted by Crippen LogP contribution is 2.37. The second-order valence-electron chi connectivity index (χ2n) is 9.25. The van der Waals surface area contributed by atoms with Crippen LogP contribution in [0.2, 0.25) is 10.0 Å². The molecule has 1 saturated heterocycles. The first-order valence-corrected chi connectivity index (χ1v) is 12.8. The highest BCUT2D eigenvalue weighted by molar-refractivity contribution is 6.33. The molecular weight excluding hydrogens is 509 g/mol. The fraction of sp³-hybridized carbons (Fsp3) is 0.172. The van der Waals surface area contributed by atoms with Crippen LogP contribution in [0.5, 0.6) is 0 Å². The van der Waals surface area contributed by atoms with E-state index in [0.717, 1.165) is 22.2 Å². The molecule has 1 N–H and O–H groups in total. The van der Waals surface area contributed by atoms with Crippen LogP contribution in [-0.2, 0) is 5.60 Å². The Morgan fingerprint density at radius 2 is 1.65 bits per heavy atom. The Bertz CT molecular complexity index is 1570. The molecule has 37 heavy (non-hydrogen) atoms. The van der Waals surface area contributed by atoms with Crippen LogP contribution >= 0.6 is 23.2 Å². The maximum absolute atomic E-state index is 13.5. The van der Waals surface area contributed by atoms with Gasteiger partial charge in [0.25, 0.3) is 5.91 Å². The average molecular weight is 532 g/mol. The van der Waals surface area contributed by atoms with Crippen molar-refractivity contribution in [3.63, 3.8) is 0 Å². The molecule has 3 aromatic carbocycles. The SMILES string of the molecule is O=C(c1cn(-c2ccc(Cl)cc2)c(-c2ccccc2Cl)n1)N1CCC(O)(c2cc3ccccc3o2)CC1. The molecule has 2 aromatic heterocycles. The zero-order valence-electron chi connectivity index (χ0n) is 19.8. The minimum Gasteiger partial charge on any atom is -0.458 e. The molecule has 0 saturated carbocycles. The lowest BCUT2D eigenvalue weighted by Crippen LogP contribution is -2.45. The van der Waals surface area contributed by atoms with E-state index in [-0.39, 0.29) is 5.91 Å². The number of imidazole rings is 1. The van der Waals surface area contributed by atoms with Crippen molar-refractivity contribution in [2.24, 2.45) is 0 Å². The summed E-state index contributed by atoms with van der Waals surface area (Å²) in [6.45, 7) is 0.753. The molecule has 0 atom stereocenters. The molecule has 3 heterocycles. The van der Waals surface area contributed by atoms with Crippen molar-refractivity contribution in [2.75, 3.05) is 13.1 Å². The minimum atomic E-state index is -1.12.